The van der Waals surface area contributed by atoms with E-state index in [0.29, 0.717) is 41.2 Å². The average molecular weight is 658 g/mol. The molecule has 4 rings (SSSR count). The zero-order valence-electron chi connectivity index (χ0n) is 19.8. The zero-order chi connectivity index (χ0) is 25.5. The zero-order valence-corrected chi connectivity index (χ0v) is 23.5. The number of para-hydroxylation sites is 1. The molecule has 0 aromatic heterocycles. The molecule has 0 unspecified atom stereocenters. The quantitative estimate of drug-likeness (QED) is 0.180. The summed E-state index contributed by atoms with van der Waals surface area (Å²) in [5.41, 5.74) is 2.93. The van der Waals surface area contributed by atoms with Gasteiger partial charge in [-0.05, 0) is 76.2 Å². The van der Waals surface area contributed by atoms with E-state index in [0.717, 1.165) is 27.9 Å². The third kappa shape index (κ3) is 6.39. The van der Waals surface area contributed by atoms with Gasteiger partial charge in [-0.25, -0.2) is 0 Å². The number of rotatable bonds is 7. The Labute approximate surface area is 233 Å². The van der Waals surface area contributed by atoms with E-state index in [1.165, 1.54) is 0 Å². The maximum atomic E-state index is 13.1. The molecule has 0 saturated carbocycles. The molecule has 0 N–H and O–H groups in total. The van der Waals surface area contributed by atoms with Crippen LogP contribution in [0, 0.1) is 14.9 Å². The van der Waals surface area contributed by atoms with Crippen molar-refractivity contribution in [2.45, 2.75) is 6.61 Å². The molecule has 1 saturated heterocycles. The van der Waals surface area contributed by atoms with Crippen LogP contribution in [0.15, 0.2) is 76.8 Å². The monoisotopic (exact) mass is 657 g/mol. The van der Waals surface area contributed by atoms with Gasteiger partial charge in [-0.15, -0.1) is 0 Å². The average Bonchev–Trinajstić information content (AvgIpc) is 2.92. The molecule has 3 aromatic carbocycles. The molecule has 6 nitrogen and oxygen atoms in total. The van der Waals surface area contributed by atoms with Gasteiger partial charge in [0.1, 0.15) is 18.2 Å². The molecule has 1 amide bonds. The number of nitrogens with zero attached hydrogens (tertiary/aromatic N) is 3. The number of hydrogen-bond acceptors (Lipinski definition) is 5. The molecule has 1 aliphatic rings. The van der Waals surface area contributed by atoms with Gasteiger partial charge in [0, 0.05) is 39.9 Å². The highest BCUT2D eigenvalue weighted by atomic mass is 127. The molecule has 3 aromatic rings. The second-order valence-corrected chi connectivity index (χ2v) is 10.3. The topological polar surface area (TPSA) is 65.8 Å². The van der Waals surface area contributed by atoms with Crippen LogP contribution in [0.4, 0.5) is 5.69 Å². The van der Waals surface area contributed by atoms with Crippen LogP contribution < -0.4 is 14.4 Å². The van der Waals surface area contributed by atoms with E-state index >= 15 is 0 Å². The smallest absolute Gasteiger partial charge is 0.264 e. The minimum Gasteiger partial charge on any atom is -0.493 e. The van der Waals surface area contributed by atoms with E-state index in [-0.39, 0.29) is 11.5 Å². The predicted molar refractivity (Wildman–Crippen MR) is 153 cm³/mol. The van der Waals surface area contributed by atoms with Crippen molar-refractivity contribution in [1.82, 2.24) is 4.90 Å². The number of methoxy groups -OCH3 is 1. The van der Waals surface area contributed by atoms with E-state index in [1.807, 2.05) is 42.5 Å². The van der Waals surface area contributed by atoms with Crippen LogP contribution in [0.2, 0.25) is 0 Å². The van der Waals surface area contributed by atoms with Crippen LogP contribution in [0.3, 0.4) is 0 Å². The second kappa shape index (κ2) is 12.3. The summed E-state index contributed by atoms with van der Waals surface area (Å²) in [5, 5.41) is 9.77. The fraction of sp³-hybridized carbons (Fsp3) is 0.214. The van der Waals surface area contributed by atoms with Gasteiger partial charge in [-0.2, -0.15) is 5.26 Å². The fourth-order valence-corrected chi connectivity index (χ4v) is 4.75. The lowest BCUT2D eigenvalue weighted by atomic mass is 10.1. The summed E-state index contributed by atoms with van der Waals surface area (Å²) in [7, 11) is 1.57. The van der Waals surface area contributed by atoms with Crippen LogP contribution in [-0.4, -0.2) is 44.1 Å². The molecule has 0 spiro atoms. The first-order valence-corrected chi connectivity index (χ1v) is 13.3. The third-order valence-corrected chi connectivity index (χ3v) is 7.34. The predicted octanol–water partition coefficient (Wildman–Crippen LogP) is 5.90. The van der Waals surface area contributed by atoms with Gasteiger partial charge in [-0.3, -0.25) is 4.79 Å². The maximum absolute atomic E-state index is 13.1. The van der Waals surface area contributed by atoms with Crippen LogP contribution in [0.1, 0.15) is 11.1 Å². The lowest BCUT2D eigenvalue weighted by Crippen LogP contribution is -2.49. The first-order valence-electron chi connectivity index (χ1n) is 11.4. The van der Waals surface area contributed by atoms with E-state index in [4.69, 9.17) is 9.47 Å². The van der Waals surface area contributed by atoms with Gasteiger partial charge in [0.2, 0.25) is 0 Å². The van der Waals surface area contributed by atoms with Crippen molar-refractivity contribution in [3.63, 3.8) is 0 Å². The number of piperazine rings is 1. The van der Waals surface area contributed by atoms with Gasteiger partial charge in [0.15, 0.2) is 11.5 Å². The number of amides is 1. The Hall–Kier alpha value is -3.03. The summed E-state index contributed by atoms with van der Waals surface area (Å²) in [6, 6.07) is 23.9. The Morgan fingerprint density at radius 3 is 2.39 bits per heavy atom. The van der Waals surface area contributed by atoms with Crippen LogP contribution in [0.25, 0.3) is 6.08 Å². The van der Waals surface area contributed by atoms with Crippen molar-refractivity contribution in [1.29, 1.82) is 5.26 Å². The van der Waals surface area contributed by atoms with E-state index in [9.17, 15) is 10.1 Å². The lowest BCUT2D eigenvalue weighted by Gasteiger charge is -2.36. The number of anilines is 1. The van der Waals surface area contributed by atoms with Crippen molar-refractivity contribution >= 4 is 56.2 Å². The molecule has 184 valence electrons. The van der Waals surface area contributed by atoms with Gasteiger partial charge < -0.3 is 19.3 Å². The van der Waals surface area contributed by atoms with Crippen LogP contribution in [-0.2, 0) is 11.4 Å². The maximum Gasteiger partial charge on any atom is 0.264 e. The first kappa shape index (κ1) is 26.0. The van der Waals surface area contributed by atoms with Crippen molar-refractivity contribution in [3.05, 3.63) is 91.5 Å². The van der Waals surface area contributed by atoms with Gasteiger partial charge in [0.25, 0.3) is 5.91 Å². The van der Waals surface area contributed by atoms with Crippen molar-refractivity contribution in [2.75, 3.05) is 38.2 Å². The number of carbonyl (C=O) groups is 1. The van der Waals surface area contributed by atoms with E-state index < -0.39 is 0 Å². The Bertz CT molecular complexity index is 1280. The van der Waals surface area contributed by atoms with E-state index in [2.05, 4.69) is 61.6 Å². The van der Waals surface area contributed by atoms with Gasteiger partial charge >= 0.3 is 0 Å². The molecular formula is C28H25BrIN3O3. The molecule has 1 fully saturated rings. The molecule has 1 heterocycles. The summed E-state index contributed by atoms with van der Waals surface area (Å²) in [4.78, 5) is 17.1. The molecular weight excluding hydrogens is 633 g/mol. The summed E-state index contributed by atoms with van der Waals surface area (Å²) < 4.78 is 13.4. The number of carbonyl (C=O) groups excluding carboxylic acids is 1. The number of ether oxygens (including phenoxy) is 2. The van der Waals surface area contributed by atoms with Gasteiger partial charge in [-0.1, -0.05) is 46.3 Å². The summed E-state index contributed by atoms with van der Waals surface area (Å²) in [6.45, 7) is 2.95. The second-order valence-electron chi connectivity index (χ2n) is 8.22. The number of nitriles is 1. The van der Waals surface area contributed by atoms with Crippen molar-refractivity contribution < 1.29 is 14.3 Å². The lowest BCUT2D eigenvalue weighted by molar-refractivity contribution is -0.126. The van der Waals surface area contributed by atoms with Crippen LogP contribution >= 0.6 is 38.5 Å². The standard InChI is InChI=1S/C28H25BrIN3O3/c1-35-26-16-21(25(29)17-27(26)36-19-20-7-9-23(30)10-8-20)15-22(18-31)28(34)33-13-11-32(12-14-33)24-5-3-2-4-6-24/h2-10,15-17H,11-14,19H2,1H3/b22-15-. The Morgan fingerprint density at radius 2 is 1.75 bits per heavy atom. The Balaban J connectivity index is 1.46. The summed E-state index contributed by atoms with van der Waals surface area (Å²) in [6.07, 6.45) is 1.60. The van der Waals surface area contributed by atoms with Gasteiger partial charge in [0.05, 0.1) is 7.11 Å². The number of hydrogen-bond donors (Lipinski definition) is 0. The molecule has 0 atom stereocenters. The highest BCUT2D eigenvalue weighted by Gasteiger charge is 2.24. The summed E-state index contributed by atoms with van der Waals surface area (Å²) >= 11 is 5.83. The number of halogens is 2. The highest BCUT2D eigenvalue weighted by Crippen LogP contribution is 2.35. The molecule has 8 heteroatoms. The minimum absolute atomic E-state index is 0.0819. The molecule has 0 radical (unpaired) electrons. The summed E-state index contributed by atoms with van der Waals surface area (Å²) in [5.74, 6) is 0.827. The first-order chi connectivity index (χ1) is 17.5. The fourth-order valence-electron chi connectivity index (χ4n) is 3.95. The Kier molecular flexibility index (Phi) is 8.88. The Morgan fingerprint density at radius 1 is 1.06 bits per heavy atom. The SMILES string of the molecule is COc1cc(/C=C(/C#N)C(=O)N2CCN(c3ccccc3)CC2)c(Br)cc1OCc1ccc(I)cc1. The normalized spacial score (nSPS) is 13.8. The third-order valence-electron chi connectivity index (χ3n) is 5.93. The van der Waals surface area contributed by atoms with Crippen molar-refractivity contribution in [3.8, 4) is 17.6 Å². The molecule has 0 bridgehead atoms. The largest absolute Gasteiger partial charge is 0.493 e. The number of benzene rings is 3. The minimum atomic E-state index is -0.268. The molecule has 36 heavy (non-hydrogen) atoms. The molecule has 0 aliphatic carbocycles. The van der Waals surface area contributed by atoms with Crippen LogP contribution in [0.5, 0.6) is 11.5 Å². The molecule has 1 aliphatic heterocycles. The highest BCUT2D eigenvalue weighted by molar-refractivity contribution is 14.1. The van der Waals surface area contributed by atoms with E-state index in [1.54, 1.807) is 30.2 Å². The van der Waals surface area contributed by atoms with Crippen molar-refractivity contribution in [2.24, 2.45) is 0 Å².